The van der Waals surface area contributed by atoms with E-state index in [1.807, 2.05) is 24.3 Å². The molecule has 1 atom stereocenters. The summed E-state index contributed by atoms with van der Waals surface area (Å²) < 4.78 is 5.01. The molecule has 0 spiro atoms. The Labute approximate surface area is 234 Å². The van der Waals surface area contributed by atoms with Crippen molar-refractivity contribution in [1.29, 1.82) is 0 Å². The number of aromatic hydroxyl groups is 1. The lowest BCUT2D eigenvalue weighted by molar-refractivity contribution is -0.147. The Hall–Kier alpha value is -3.98. The van der Waals surface area contributed by atoms with Gasteiger partial charge in [-0.15, -0.1) is 11.3 Å². The van der Waals surface area contributed by atoms with Crippen molar-refractivity contribution in [3.05, 3.63) is 122 Å². The number of carbonyl (C=O) groups is 3. The fraction of sp³-hybridized carbons (Fsp3) is 0.167. The molecule has 1 aromatic heterocycles. The molecule has 3 aromatic carbocycles. The van der Waals surface area contributed by atoms with E-state index in [2.05, 4.69) is 16.3 Å². The number of methoxy groups -OCH3 is 1. The average molecular weight is 564 g/mol. The topological polar surface area (TPSA) is 104 Å². The number of phenolic OH excluding ortho intramolecular Hbond substituents is 1. The van der Waals surface area contributed by atoms with Gasteiger partial charge in [0.1, 0.15) is 11.8 Å². The third-order valence-electron chi connectivity index (χ3n) is 6.36. The zero-order valence-corrected chi connectivity index (χ0v) is 22.6. The molecule has 2 N–H and O–H groups in total. The highest BCUT2D eigenvalue weighted by Gasteiger charge is 2.32. The standard InChI is InChI=1S/C16H16ClNO2S.C14H10O4/c1-20-16(19)15(12-4-2-3-5-13(12)17)18-8-6-14-11(10-18)7-9-21-14;15-10-7-5-9(6-8-10)13(16)11-3-1-2-4-12(11)14(17)18/h2-5,7,9,15H,6,8,10H2,1H3;1-8,15H,(H,17,18)/t15-;/m0./s1. The summed E-state index contributed by atoms with van der Waals surface area (Å²) in [6.07, 6.45) is 0.963. The molecule has 7 nitrogen and oxygen atoms in total. The molecular weight excluding hydrogens is 538 g/mol. The maximum Gasteiger partial charge on any atom is 0.336 e. The van der Waals surface area contributed by atoms with E-state index in [0.29, 0.717) is 10.6 Å². The first-order valence-electron chi connectivity index (χ1n) is 12.1. The average Bonchev–Trinajstić information content (AvgIpc) is 3.42. The molecule has 9 heteroatoms. The first kappa shape index (κ1) is 28.0. The Balaban J connectivity index is 0.000000183. The molecule has 2 heterocycles. The zero-order chi connectivity index (χ0) is 27.9. The molecule has 0 aliphatic carbocycles. The molecule has 1 aliphatic heterocycles. The number of hydrogen-bond acceptors (Lipinski definition) is 7. The number of thiophene rings is 1. The number of aromatic carboxylic acids is 1. The molecule has 200 valence electrons. The van der Waals surface area contributed by atoms with Gasteiger partial charge in [0.15, 0.2) is 5.78 Å². The Morgan fingerprint density at radius 1 is 0.949 bits per heavy atom. The summed E-state index contributed by atoms with van der Waals surface area (Å²) in [6, 6.07) is 20.9. The van der Waals surface area contributed by atoms with Gasteiger partial charge >= 0.3 is 11.9 Å². The summed E-state index contributed by atoms with van der Waals surface area (Å²) in [4.78, 5) is 39.0. The number of rotatable bonds is 6. The molecule has 39 heavy (non-hydrogen) atoms. The highest BCUT2D eigenvalue weighted by Crippen LogP contribution is 2.34. The molecule has 0 radical (unpaired) electrons. The van der Waals surface area contributed by atoms with Gasteiger partial charge in [0.2, 0.25) is 0 Å². The van der Waals surface area contributed by atoms with E-state index in [-0.39, 0.29) is 28.6 Å². The van der Waals surface area contributed by atoms with Crippen LogP contribution >= 0.6 is 22.9 Å². The molecule has 1 aliphatic rings. The third kappa shape index (κ3) is 6.54. The van der Waals surface area contributed by atoms with Crippen LogP contribution in [0.15, 0.2) is 84.2 Å². The molecule has 0 amide bonds. The number of esters is 1. The van der Waals surface area contributed by atoms with Crippen LogP contribution in [0.2, 0.25) is 5.02 Å². The monoisotopic (exact) mass is 563 g/mol. The molecular formula is C30H26ClNO6S. The second-order valence-corrected chi connectivity index (χ2v) is 10.2. The summed E-state index contributed by atoms with van der Waals surface area (Å²) >= 11 is 8.07. The van der Waals surface area contributed by atoms with Crippen LogP contribution < -0.4 is 0 Å². The lowest BCUT2D eigenvalue weighted by atomic mass is 9.98. The number of halogens is 1. The number of hydrogen-bond donors (Lipinski definition) is 2. The van der Waals surface area contributed by atoms with Crippen LogP contribution in [0.3, 0.4) is 0 Å². The van der Waals surface area contributed by atoms with Gasteiger partial charge in [-0.2, -0.15) is 0 Å². The quantitative estimate of drug-likeness (QED) is 0.219. The second-order valence-electron chi connectivity index (χ2n) is 8.76. The third-order valence-corrected chi connectivity index (χ3v) is 7.73. The maximum absolute atomic E-state index is 12.3. The first-order valence-corrected chi connectivity index (χ1v) is 13.3. The lowest BCUT2D eigenvalue weighted by Gasteiger charge is -2.33. The van der Waals surface area contributed by atoms with E-state index in [1.165, 1.54) is 53.9 Å². The van der Waals surface area contributed by atoms with E-state index in [9.17, 15) is 14.4 Å². The summed E-state index contributed by atoms with van der Waals surface area (Å²) in [7, 11) is 1.42. The van der Waals surface area contributed by atoms with Crippen molar-refractivity contribution in [3.63, 3.8) is 0 Å². The van der Waals surface area contributed by atoms with Crippen molar-refractivity contribution >= 4 is 40.7 Å². The van der Waals surface area contributed by atoms with Crippen molar-refractivity contribution in [2.75, 3.05) is 13.7 Å². The summed E-state index contributed by atoms with van der Waals surface area (Å²) in [5.74, 6) is -1.73. The van der Waals surface area contributed by atoms with Gasteiger partial charge in [0.05, 0.1) is 12.7 Å². The fourth-order valence-corrected chi connectivity index (χ4v) is 5.54. The van der Waals surface area contributed by atoms with Crippen LogP contribution in [0.1, 0.15) is 48.3 Å². The van der Waals surface area contributed by atoms with Crippen LogP contribution in [-0.4, -0.2) is 46.5 Å². The maximum atomic E-state index is 12.3. The highest BCUT2D eigenvalue weighted by molar-refractivity contribution is 7.10. The molecule has 0 saturated carbocycles. The minimum atomic E-state index is -1.14. The van der Waals surface area contributed by atoms with E-state index in [4.69, 9.17) is 26.6 Å². The molecule has 4 aromatic rings. The van der Waals surface area contributed by atoms with Gasteiger partial charge in [-0.1, -0.05) is 48.0 Å². The van der Waals surface area contributed by atoms with E-state index in [1.54, 1.807) is 23.5 Å². The number of carboxylic acids is 1. The van der Waals surface area contributed by atoms with Gasteiger partial charge in [-0.25, -0.2) is 9.59 Å². The van der Waals surface area contributed by atoms with Gasteiger partial charge < -0.3 is 14.9 Å². The van der Waals surface area contributed by atoms with E-state index < -0.39 is 12.0 Å². The largest absolute Gasteiger partial charge is 0.508 e. The highest BCUT2D eigenvalue weighted by atomic mass is 35.5. The minimum absolute atomic E-state index is 0.0319. The van der Waals surface area contributed by atoms with Crippen LogP contribution in [-0.2, 0) is 22.5 Å². The summed E-state index contributed by atoms with van der Waals surface area (Å²) in [5, 5.41) is 20.9. The Morgan fingerprint density at radius 2 is 1.62 bits per heavy atom. The van der Waals surface area contributed by atoms with Crippen LogP contribution in [0, 0.1) is 0 Å². The Kier molecular flexibility index (Phi) is 9.14. The van der Waals surface area contributed by atoms with Gasteiger partial charge in [-0.3, -0.25) is 9.69 Å². The summed E-state index contributed by atoms with van der Waals surface area (Å²) in [5.41, 5.74) is 2.55. The molecule has 0 fully saturated rings. The number of benzene rings is 3. The number of ether oxygens (including phenoxy) is 1. The Bertz CT molecular complexity index is 1480. The zero-order valence-electron chi connectivity index (χ0n) is 21.0. The molecule has 0 unspecified atom stereocenters. The van der Waals surface area contributed by atoms with Crippen molar-refractivity contribution in [1.82, 2.24) is 4.90 Å². The van der Waals surface area contributed by atoms with Crippen LogP contribution in [0.25, 0.3) is 0 Å². The Morgan fingerprint density at radius 3 is 2.28 bits per heavy atom. The van der Waals surface area contributed by atoms with Crippen molar-refractivity contribution in [2.45, 2.75) is 19.0 Å². The lowest BCUT2D eigenvalue weighted by Crippen LogP contribution is -2.38. The fourth-order valence-electron chi connectivity index (χ4n) is 4.41. The van der Waals surface area contributed by atoms with Gasteiger partial charge in [0, 0.05) is 34.1 Å². The minimum Gasteiger partial charge on any atom is -0.508 e. The van der Waals surface area contributed by atoms with E-state index >= 15 is 0 Å². The smallest absolute Gasteiger partial charge is 0.336 e. The van der Waals surface area contributed by atoms with Crippen LogP contribution in [0.5, 0.6) is 5.75 Å². The summed E-state index contributed by atoms with van der Waals surface area (Å²) in [6.45, 7) is 1.59. The molecule has 0 bridgehead atoms. The number of nitrogens with zero attached hydrogens (tertiary/aromatic N) is 1. The first-order chi connectivity index (χ1) is 18.8. The van der Waals surface area contributed by atoms with Crippen molar-refractivity contribution in [3.8, 4) is 5.75 Å². The molecule has 0 saturated heterocycles. The van der Waals surface area contributed by atoms with Crippen molar-refractivity contribution in [2.24, 2.45) is 0 Å². The normalized spacial score (nSPS) is 13.4. The number of carboxylic acid groups (broad SMARTS) is 1. The number of ketones is 1. The van der Waals surface area contributed by atoms with E-state index in [0.717, 1.165) is 25.1 Å². The van der Waals surface area contributed by atoms with Crippen molar-refractivity contribution < 1.29 is 29.3 Å². The predicted octanol–water partition coefficient (Wildman–Crippen LogP) is 6.00. The van der Waals surface area contributed by atoms with Crippen LogP contribution in [0.4, 0.5) is 0 Å². The SMILES string of the molecule is COC(=O)[C@H](c1ccccc1Cl)N1CCc2sccc2C1.O=C(O)c1ccccc1C(=O)c1ccc(O)cc1. The van der Waals surface area contributed by atoms with Gasteiger partial charge in [0.25, 0.3) is 0 Å². The second kappa shape index (κ2) is 12.7. The predicted molar refractivity (Wildman–Crippen MR) is 150 cm³/mol. The number of phenols is 1. The molecule has 5 rings (SSSR count). The number of carbonyl (C=O) groups excluding carboxylic acids is 2. The van der Waals surface area contributed by atoms with Gasteiger partial charge in [-0.05, 0) is 65.4 Å². The number of fused-ring (bicyclic) bond motifs is 1.